The maximum Gasteiger partial charge on any atom is 0.321 e. The third kappa shape index (κ3) is 3.26. The monoisotopic (exact) mass is 374 g/mol. The van der Waals surface area contributed by atoms with Crippen LogP contribution in [0.15, 0.2) is 18.2 Å². The molecule has 0 atom stereocenters. The third-order valence-corrected chi connectivity index (χ3v) is 4.47. The number of amides is 2. The Labute approximate surface area is 157 Å². The average Bonchev–Trinajstić information content (AvgIpc) is 3.06. The van der Waals surface area contributed by atoms with Gasteiger partial charge in [-0.3, -0.25) is 5.10 Å². The molecule has 0 aliphatic rings. The summed E-state index contributed by atoms with van der Waals surface area (Å²) in [7, 11) is 3.40. The summed E-state index contributed by atoms with van der Waals surface area (Å²) in [6, 6.07) is 5.45. The van der Waals surface area contributed by atoms with Crippen LogP contribution in [0.5, 0.6) is 0 Å². The highest BCUT2D eigenvalue weighted by Gasteiger charge is 2.24. The second kappa shape index (κ2) is 6.32. The average molecular weight is 375 g/mol. The lowest BCUT2D eigenvalue weighted by Crippen LogP contribution is -2.27. The lowest BCUT2D eigenvalue weighted by molar-refractivity contribution is 0.230. The van der Waals surface area contributed by atoms with Gasteiger partial charge in [0.05, 0.1) is 5.69 Å². The van der Waals surface area contributed by atoms with Crippen molar-refractivity contribution in [3.8, 4) is 11.4 Å². The Morgan fingerprint density at radius 1 is 1.31 bits per heavy atom. The van der Waals surface area contributed by atoms with Crippen molar-refractivity contribution in [1.82, 2.24) is 24.7 Å². The molecule has 0 aliphatic carbocycles. The van der Waals surface area contributed by atoms with Crippen molar-refractivity contribution in [2.45, 2.75) is 33.1 Å². The van der Waals surface area contributed by atoms with Gasteiger partial charge in [-0.25, -0.2) is 9.78 Å². The first kappa shape index (κ1) is 18.3. The van der Waals surface area contributed by atoms with Gasteiger partial charge in [-0.2, -0.15) is 4.63 Å². The third-order valence-electron chi connectivity index (χ3n) is 4.12. The van der Waals surface area contributed by atoms with E-state index in [0.29, 0.717) is 16.5 Å². The van der Waals surface area contributed by atoms with Crippen molar-refractivity contribution in [3.63, 3.8) is 0 Å². The molecule has 2 N–H and O–H groups in total. The van der Waals surface area contributed by atoms with Crippen LogP contribution < -0.4 is 5.32 Å². The van der Waals surface area contributed by atoms with E-state index in [1.807, 2.05) is 25.1 Å². The van der Waals surface area contributed by atoms with Gasteiger partial charge in [-0.05, 0) is 30.7 Å². The minimum Gasteiger partial charge on any atom is -0.331 e. The zero-order valence-corrected chi connectivity index (χ0v) is 16.6. The molecule has 3 aromatic rings. The lowest BCUT2D eigenvalue weighted by atomic mass is 9.92. The molecule has 1 aromatic carbocycles. The van der Waals surface area contributed by atoms with E-state index in [9.17, 15) is 4.79 Å². The number of nitrogens with one attached hydrogen (secondary N) is 2. The first-order valence-electron chi connectivity index (χ1n) is 8.32. The van der Waals surface area contributed by atoms with Crippen LogP contribution >= 0.6 is 11.6 Å². The van der Waals surface area contributed by atoms with Crippen LogP contribution in [0.2, 0.25) is 5.02 Å². The van der Waals surface area contributed by atoms with E-state index >= 15 is 0 Å². The van der Waals surface area contributed by atoms with Gasteiger partial charge in [0.1, 0.15) is 5.02 Å². The summed E-state index contributed by atoms with van der Waals surface area (Å²) >= 11 is 6.49. The molecule has 2 aromatic heterocycles. The van der Waals surface area contributed by atoms with Gasteiger partial charge >= 0.3 is 6.03 Å². The molecule has 0 fully saturated rings. The number of halogens is 1. The molecule has 0 spiro atoms. The van der Waals surface area contributed by atoms with E-state index in [4.69, 9.17) is 11.6 Å². The minimum atomic E-state index is -0.174. The standard InChI is InChI=1S/C18H23ClN6O/c1-10-9-11(20-17(26)24(5)6)7-8-12(10)15-21-16-13(19)14(18(2,3)4)22-25(16)23-15/h7-9,22H,1-6H3,(H,20,26). The summed E-state index contributed by atoms with van der Waals surface area (Å²) in [5.41, 5.74) is 3.96. The number of H-pyrrole nitrogens is 1. The molecule has 3 rings (SSSR count). The molecule has 0 saturated carbocycles. The number of carbonyl (C=O) groups is 1. The van der Waals surface area contributed by atoms with Crippen LogP contribution in [0.1, 0.15) is 32.0 Å². The summed E-state index contributed by atoms with van der Waals surface area (Å²) < 4.78 is 1.61. The fourth-order valence-corrected chi connectivity index (χ4v) is 3.09. The van der Waals surface area contributed by atoms with Gasteiger partial charge in [-0.1, -0.05) is 32.4 Å². The summed E-state index contributed by atoms with van der Waals surface area (Å²) in [4.78, 5) is 17.9. The van der Waals surface area contributed by atoms with Crippen molar-refractivity contribution in [3.05, 3.63) is 34.5 Å². The Balaban J connectivity index is 1.95. The van der Waals surface area contributed by atoms with Gasteiger partial charge < -0.3 is 10.2 Å². The van der Waals surface area contributed by atoms with Gasteiger partial charge in [-0.15, -0.1) is 5.10 Å². The molecule has 0 bridgehead atoms. The van der Waals surface area contributed by atoms with E-state index in [1.165, 1.54) is 4.90 Å². The number of aryl methyl sites for hydroxylation is 1. The van der Waals surface area contributed by atoms with Gasteiger partial charge in [0.15, 0.2) is 11.5 Å². The Kier molecular flexibility index (Phi) is 4.44. The first-order chi connectivity index (χ1) is 12.1. The number of rotatable bonds is 2. The van der Waals surface area contributed by atoms with Crippen molar-refractivity contribution >= 4 is 29.0 Å². The number of urea groups is 1. The van der Waals surface area contributed by atoms with Gasteiger partial charge in [0.25, 0.3) is 0 Å². The number of hydrogen-bond acceptors (Lipinski definition) is 3. The van der Waals surface area contributed by atoms with Crippen molar-refractivity contribution in [2.24, 2.45) is 0 Å². The van der Waals surface area contributed by atoms with Gasteiger partial charge in [0, 0.05) is 30.8 Å². The molecule has 2 heterocycles. The van der Waals surface area contributed by atoms with E-state index in [-0.39, 0.29) is 11.4 Å². The van der Waals surface area contributed by atoms with Crippen LogP contribution in [-0.4, -0.2) is 44.8 Å². The number of anilines is 1. The fraction of sp³-hybridized carbons (Fsp3) is 0.389. The molecule has 8 heteroatoms. The fourth-order valence-electron chi connectivity index (χ4n) is 2.64. The Morgan fingerprint density at radius 2 is 2.00 bits per heavy atom. The maximum atomic E-state index is 11.8. The zero-order chi connectivity index (χ0) is 19.2. The first-order valence-corrected chi connectivity index (χ1v) is 8.70. The topological polar surface area (TPSA) is 78.3 Å². The Hall–Kier alpha value is -2.54. The maximum absolute atomic E-state index is 11.8. The summed E-state index contributed by atoms with van der Waals surface area (Å²) in [5, 5.41) is 11.2. The molecular weight excluding hydrogens is 352 g/mol. The molecule has 0 aliphatic heterocycles. The number of hydrogen-bond donors (Lipinski definition) is 2. The van der Waals surface area contributed by atoms with Crippen LogP contribution in [-0.2, 0) is 5.41 Å². The predicted octanol–water partition coefficient (Wildman–Crippen LogP) is 4.08. The Morgan fingerprint density at radius 3 is 2.54 bits per heavy atom. The van der Waals surface area contributed by atoms with Gasteiger partial charge in [0.2, 0.25) is 0 Å². The van der Waals surface area contributed by atoms with Crippen molar-refractivity contribution in [2.75, 3.05) is 19.4 Å². The predicted molar refractivity (Wildman–Crippen MR) is 104 cm³/mol. The number of fused-ring (bicyclic) bond motifs is 1. The van der Waals surface area contributed by atoms with E-state index in [1.54, 1.807) is 18.7 Å². The van der Waals surface area contributed by atoms with Crippen LogP contribution in [0.25, 0.3) is 17.0 Å². The molecule has 0 unspecified atom stereocenters. The molecule has 0 radical (unpaired) electrons. The normalized spacial score (nSPS) is 11.8. The number of aromatic nitrogens is 4. The highest BCUT2D eigenvalue weighted by atomic mass is 35.5. The van der Waals surface area contributed by atoms with Crippen LogP contribution in [0.3, 0.4) is 0 Å². The highest BCUT2D eigenvalue weighted by Crippen LogP contribution is 2.32. The molecule has 26 heavy (non-hydrogen) atoms. The Bertz CT molecular complexity index is 980. The quantitative estimate of drug-likeness (QED) is 0.709. The van der Waals surface area contributed by atoms with Crippen molar-refractivity contribution in [1.29, 1.82) is 0 Å². The zero-order valence-electron chi connectivity index (χ0n) is 15.8. The van der Waals surface area contributed by atoms with E-state index in [2.05, 4.69) is 41.3 Å². The minimum absolute atomic E-state index is 0.123. The second-order valence-electron chi connectivity index (χ2n) is 7.58. The van der Waals surface area contributed by atoms with Crippen LogP contribution in [0.4, 0.5) is 10.5 Å². The number of carbonyl (C=O) groups excluding carboxylic acids is 1. The molecule has 0 saturated heterocycles. The summed E-state index contributed by atoms with van der Waals surface area (Å²) in [5.74, 6) is 0.585. The van der Waals surface area contributed by atoms with E-state index < -0.39 is 0 Å². The van der Waals surface area contributed by atoms with Crippen LogP contribution in [0, 0.1) is 6.92 Å². The lowest BCUT2D eigenvalue weighted by Gasteiger charge is -2.16. The molecular formula is C18H23ClN6O. The number of benzene rings is 1. The molecule has 2 amide bonds. The molecule has 138 valence electrons. The van der Waals surface area contributed by atoms with E-state index in [0.717, 1.165) is 22.5 Å². The number of aromatic amines is 1. The van der Waals surface area contributed by atoms with Crippen molar-refractivity contribution < 1.29 is 4.79 Å². The summed E-state index contributed by atoms with van der Waals surface area (Å²) in [6.07, 6.45) is 0. The smallest absolute Gasteiger partial charge is 0.321 e. The number of nitrogens with zero attached hydrogens (tertiary/aromatic N) is 4. The SMILES string of the molecule is Cc1cc(NC(=O)N(C)C)ccc1-c1nc2c(Cl)c(C(C)(C)C)[nH]n2n1. The largest absolute Gasteiger partial charge is 0.331 e. The highest BCUT2D eigenvalue weighted by molar-refractivity contribution is 6.34. The molecule has 7 nitrogen and oxygen atoms in total. The second-order valence-corrected chi connectivity index (χ2v) is 7.95. The summed E-state index contributed by atoms with van der Waals surface area (Å²) in [6.45, 7) is 8.19.